The van der Waals surface area contributed by atoms with Crippen molar-refractivity contribution >= 4 is 28.9 Å². The third-order valence-electron chi connectivity index (χ3n) is 5.06. The number of amides is 1. The lowest BCUT2D eigenvalue weighted by atomic mass is 9.88. The number of methoxy groups -OCH3 is 1. The molecule has 0 fully saturated rings. The van der Waals surface area contributed by atoms with Crippen LogP contribution in [0.15, 0.2) is 48.5 Å². The van der Waals surface area contributed by atoms with Crippen LogP contribution in [-0.4, -0.2) is 30.7 Å². The molecule has 4 rings (SSSR count). The molecule has 0 bridgehead atoms. The van der Waals surface area contributed by atoms with Crippen LogP contribution in [0.25, 0.3) is 11.1 Å². The average molecular weight is 433 g/mol. The van der Waals surface area contributed by atoms with Gasteiger partial charge in [0, 0.05) is 22.8 Å². The summed E-state index contributed by atoms with van der Waals surface area (Å²) >= 11 is 1.18. The van der Waals surface area contributed by atoms with Gasteiger partial charge in [0.25, 0.3) is 0 Å². The molecule has 0 spiro atoms. The van der Waals surface area contributed by atoms with E-state index in [-0.39, 0.29) is 29.7 Å². The predicted molar refractivity (Wildman–Crippen MR) is 119 cm³/mol. The Balaban J connectivity index is 1.87. The monoisotopic (exact) mass is 433 g/mol. The molecule has 1 aliphatic rings. The van der Waals surface area contributed by atoms with Crippen LogP contribution >= 0.6 is 11.3 Å². The van der Waals surface area contributed by atoms with E-state index in [9.17, 15) is 14.7 Å². The van der Waals surface area contributed by atoms with Gasteiger partial charge in [-0.05, 0) is 23.3 Å². The standard InChI is InChI=1S/C24H19NO5S/c1-3-11-30-18-12-15(9-10-17(18)29-2)16-13-19(26)25-21-20(14-7-5-4-6-8-14)23(24(27)28)31-22(16)21/h1,4-10,12,16H,11,13H2,2H3,(H,25,26)(H,27,28)/t16-/m0/s1. The number of hydrogen-bond donors (Lipinski definition) is 2. The van der Waals surface area contributed by atoms with Crippen molar-refractivity contribution in [3.05, 3.63) is 63.8 Å². The lowest BCUT2D eigenvalue weighted by molar-refractivity contribution is -0.116. The summed E-state index contributed by atoms with van der Waals surface area (Å²) in [5.74, 6) is 1.91. The van der Waals surface area contributed by atoms with Crippen LogP contribution < -0.4 is 14.8 Å². The maximum absolute atomic E-state index is 12.6. The third kappa shape index (κ3) is 3.86. The Labute approximate surface area is 183 Å². The Bertz CT molecular complexity index is 1190. The first kappa shape index (κ1) is 20.5. The molecule has 2 N–H and O–H groups in total. The van der Waals surface area contributed by atoms with Gasteiger partial charge in [-0.15, -0.1) is 17.8 Å². The molecule has 1 aromatic heterocycles. The molecular weight excluding hydrogens is 414 g/mol. The number of rotatable bonds is 6. The van der Waals surface area contributed by atoms with Gasteiger partial charge in [0.15, 0.2) is 11.5 Å². The maximum Gasteiger partial charge on any atom is 0.346 e. The van der Waals surface area contributed by atoms with Crippen molar-refractivity contribution in [1.82, 2.24) is 0 Å². The summed E-state index contributed by atoms with van der Waals surface area (Å²) in [4.78, 5) is 25.6. The second-order valence-electron chi connectivity index (χ2n) is 6.92. The lowest BCUT2D eigenvalue weighted by Crippen LogP contribution is -2.22. The zero-order chi connectivity index (χ0) is 22.0. The summed E-state index contributed by atoms with van der Waals surface area (Å²) in [5, 5.41) is 12.7. The van der Waals surface area contributed by atoms with Gasteiger partial charge < -0.3 is 19.9 Å². The molecule has 0 unspecified atom stereocenters. The average Bonchev–Trinajstić information content (AvgIpc) is 3.17. The van der Waals surface area contributed by atoms with Crippen LogP contribution in [-0.2, 0) is 4.79 Å². The van der Waals surface area contributed by atoms with Crippen LogP contribution in [0.1, 0.15) is 32.5 Å². The molecule has 3 aromatic rings. The van der Waals surface area contributed by atoms with Crippen LogP contribution in [0.2, 0.25) is 0 Å². The van der Waals surface area contributed by atoms with E-state index in [1.807, 2.05) is 36.4 Å². The predicted octanol–water partition coefficient (Wildman–Crippen LogP) is 4.61. The molecule has 0 aliphatic carbocycles. The Hall–Kier alpha value is -3.76. The van der Waals surface area contributed by atoms with Crippen molar-refractivity contribution in [2.75, 3.05) is 19.0 Å². The molecule has 7 heteroatoms. The van der Waals surface area contributed by atoms with Crippen LogP contribution in [0, 0.1) is 12.3 Å². The Morgan fingerprint density at radius 3 is 2.71 bits per heavy atom. The molecule has 31 heavy (non-hydrogen) atoms. The van der Waals surface area contributed by atoms with E-state index in [4.69, 9.17) is 15.9 Å². The van der Waals surface area contributed by atoms with E-state index in [1.165, 1.54) is 18.4 Å². The summed E-state index contributed by atoms with van der Waals surface area (Å²) in [6, 6.07) is 14.6. The van der Waals surface area contributed by atoms with Gasteiger partial charge in [-0.1, -0.05) is 42.3 Å². The smallest absolute Gasteiger partial charge is 0.346 e. The molecule has 6 nitrogen and oxygen atoms in total. The van der Waals surface area contributed by atoms with E-state index in [0.717, 1.165) is 16.0 Å². The minimum atomic E-state index is -1.03. The van der Waals surface area contributed by atoms with Gasteiger partial charge in [-0.2, -0.15) is 0 Å². The molecule has 2 aromatic carbocycles. The minimum Gasteiger partial charge on any atom is -0.493 e. The number of thiophene rings is 1. The number of fused-ring (bicyclic) bond motifs is 1. The molecule has 2 heterocycles. The number of nitrogens with one attached hydrogen (secondary N) is 1. The van der Waals surface area contributed by atoms with Gasteiger partial charge in [-0.25, -0.2) is 4.79 Å². The van der Waals surface area contributed by atoms with Crippen LogP contribution in [0.3, 0.4) is 0 Å². The summed E-state index contributed by atoms with van der Waals surface area (Å²) < 4.78 is 10.9. The van der Waals surface area contributed by atoms with Crippen molar-refractivity contribution in [1.29, 1.82) is 0 Å². The normalized spacial score (nSPS) is 14.8. The molecule has 1 aliphatic heterocycles. The summed E-state index contributed by atoms with van der Waals surface area (Å²) in [5.41, 5.74) is 2.65. The van der Waals surface area contributed by atoms with Crippen LogP contribution in [0.5, 0.6) is 11.5 Å². The number of benzene rings is 2. The van der Waals surface area contributed by atoms with E-state index in [2.05, 4.69) is 11.2 Å². The second kappa shape index (κ2) is 8.54. The number of aromatic carboxylic acids is 1. The summed E-state index contributed by atoms with van der Waals surface area (Å²) in [6.45, 7) is 0.0799. The number of terminal acetylenes is 1. The number of carbonyl (C=O) groups is 2. The van der Waals surface area contributed by atoms with E-state index < -0.39 is 5.97 Å². The number of ether oxygens (including phenoxy) is 2. The maximum atomic E-state index is 12.6. The molecule has 0 saturated heterocycles. The largest absolute Gasteiger partial charge is 0.493 e. The first-order chi connectivity index (χ1) is 15.0. The zero-order valence-corrected chi connectivity index (χ0v) is 17.5. The Kier molecular flexibility index (Phi) is 5.65. The molecular formula is C24H19NO5S. The minimum absolute atomic E-state index is 0.0799. The highest BCUT2D eigenvalue weighted by molar-refractivity contribution is 7.15. The number of anilines is 1. The van der Waals surface area contributed by atoms with E-state index >= 15 is 0 Å². The van der Waals surface area contributed by atoms with E-state index in [0.29, 0.717) is 22.7 Å². The number of carboxylic acids is 1. The van der Waals surface area contributed by atoms with E-state index in [1.54, 1.807) is 12.1 Å². The molecule has 156 valence electrons. The fraction of sp³-hybridized carbons (Fsp3) is 0.167. The lowest BCUT2D eigenvalue weighted by Gasteiger charge is -2.24. The SMILES string of the molecule is C#CCOc1cc([C@@H]2CC(=O)Nc3c2sc(C(=O)O)c3-c2ccccc2)ccc1OC. The van der Waals surface area contributed by atoms with Crippen molar-refractivity contribution in [3.63, 3.8) is 0 Å². The van der Waals surface area contributed by atoms with Gasteiger partial charge in [0.2, 0.25) is 5.91 Å². The highest BCUT2D eigenvalue weighted by atomic mass is 32.1. The quantitative estimate of drug-likeness (QED) is 0.555. The number of hydrogen-bond acceptors (Lipinski definition) is 5. The van der Waals surface area contributed by atoms with Gasteiger partial charge in [0.05, 0.1) is 12.8 Å². The first-order valence-corrected chi connectivity index (χ1v) is 10.3. The number of carbonyl (C=O) groups excluding carboxylic acids is 1. The van der Waals surface area contributed by atoms with Gasteiger partial charge in [0.1, 0.15) is 11.5 Å². The molecule has 0 radical (unpaired) electrons. The van der Waals surface area contributed by atoms with Crippen molar-refractivity contribution < 1.29 is 24.2 Å². The molecule has 0 saturated carbocycles. The number of carboxylic acid groups (broad SMARTS) is 1. The van der Waals surface area contributed by atoms with Crippen molar-refractivity contribution in [2.24, 2.45) is 0 Å². The van der Waals surface area contributed by atoms with Crippen molar-refractivity contribution in [2.45, 2.75) is 12.3 Å². The molecule has 1 atom stereocenters. The van der Waals surface area contributed by atoms with Crippen LogP contribution in [0.4, 0.5) is 5.69 Å². The highest BCUT2D eigenvalue weighted by Gasteiger charge is 2.34. The second-order valence-corrected chi connectivity index (χ2v) is 7.98. The van der Waals surface area contributed by atoms with Gasteiger partial charge >= 0.3 is 5.97 Å². The van der Waals surface area contributed by atoms with Crippen molar-refractivity contribution in [3.8, 4) is 35.0 Å². The zero-order valence-electron chi connectivity index (χ0n) is 16.7. The summed E-state index contributed by atoms with van der Waals surface area (Å²) in [6.07, 6.45) is 5.51. The fourth-order valence-corrected chi connectivity index (χ4v) is 4.98. The van der Waals surface area contributed by atoms with Gasteiger partial charge in [-0.3, -0.25) is 4.79 Å². The summed E-state index contributed by atoms with van der Waals surface area (Å²) in [7, 11) is 1.54. The Morgan fingerprint density at radius 1 is 1.26 bits per heavy atom. The third-order valence-corrected chi connectivity index (χ3v) is 6.36. The highest BCUT2D eigenvalue weighted by Crippen LogP contribution is 2.50. The topological polar surface area (TPSA) is 84.9 Å². The first-order valence-electron chi connectivity index (χ1n) is 9.53. The Morgan fingerprint density at radius 2 is 2.03 bits per heavy atom. The fourth-order valence-electron chi connectivity index (χ4n) is 3.73. The molecule has 1 amide bonds.